The van der Waals surface area contributed by atoms with Gasteiger partial charge in [0.25, 0.3) is 0 Å². The fourth-order valence-corrected chi connectivity index (χ4v) is 2.10. The van der Waals surface area contributed by atoms with Gasteiger partial charge in [0.1, 0.15) is 5.75 Å². The van der Waals surface area contributed by atoms with Crippen molar-refractivity contribution in [3.63, 3.8) is 0 Å². The smallest absolute Gasteiger partial charge is 0.118 e. The summed E-state index contributed by atoms with van der Waals surface area (Å²) in [5, 5.41) is 0. The molecule has 0 aliphatic heterocycles. The lowest BCUT2D eigenvalue weighted by Gasteiger charge is -2.23. The molecule has 0 aliphatic rings. The molecule has 1 heteroatoms. The summed E-state index contributed by atoms with van der Waals surface area (Å²) in [5.41, 5.74) is 4.12. The first-order valence-corrected chi connectivity index (χ1v) is 6.82. The van der Waals surface area contributed by atoms with Gasteiger partial charge >= 0.3 is 0 Å². The molecule has 0 radical (unpaired) electrons. The molecule has 0 atom stereocenters. The molecule has 19 heavy (non-hydrogen) atoms. The largest absolute Gasteiger partial charge is 0.497 e. The zero-order valence-corrected chi connectivity index (χ0v) is 12.2. The van der Waals surface area contributed by atoms with Crippen LogP contribution in [0.2, 0.25) is 0 Å². The van der Waals surface area contributed by atoms with E-state index in [0.29, 0.717) is 0 Å². The zero-order chi connectivity index (χ0) is 13.9. The van der Waals surface area contributed by atoms with Gasteiger partial charge in [0.15, 0.2) is 0 Å². The van der Waals surface area contributed by atoms with Crippen LogP contribution in [0.15, 0.2) is 48.5 Å². The second kappa shape index (κ2) is 5.48. The van der Waals surface area contributed by atoms with E-state index in [1.54, 1.807) is 7.11 Å². The highest BCUT2D eigenvalue weighted by Gasteiger charge is 2.17. The minimum absolute atomic E-state index is 0.248. The molecule has 0 spiro atoms. The Bertz CT molecular complexity index is 521. The molecular formula is C18H22O. The predicted octanol–water partition coefficient (Wildman–Crippen LogP) is 5.05. The Morgan fingerprint density at radius 3 is 1.74 bits per heavy atom. The highest BCUT2D eigenvalue weighted by Crippen LogP contribution is 2.29. The Morgan fingerprint density at radius 1 is 0.842 bits per heavy atom. The summed E-state index contributed by atoms with van der Waals surface area (Å²) in [4.78, 5) is 0. The van der Waals surface area contributed by atoms with Gasteiger partial charge in [-0.15, -0.1) is 0 Å². The van der Waals surface area contributed by atoms with E-state index in [-0.39, 0.29) is 5.41 Å². The zero-order valence-electron chi connectivity index (χ0n) is 12.2. The SMILES string of the molecule is CCC(C)(C)c1ccc(-c2ccc(OC)cc2)cc1. The molecule has 2 rings (SSSR count). The Kier molecular flexibility index (Phi) is 3.94. The van der Waals surface area contributed by atoms with Crippen molar-refractivity contribution in [2.75, 3.05) is 7.11 Å². The maximum Gasteiger partial charge on any atom is 0.118 e. The number of rotatable bonds is 4. The van der Waals surface area contributed by atoms with E-state index in [4.69, 9.17) is 4.74 Å². The van der Waals surface area contributed by atoms with Crippen molar-refractivity contribution < 1.29 is 4.74 Å². The standard InChI is InChI=1S/C18H22O/c1-5-18(2,3)16-10-6-14(7-11-16)15-8-12-17(19-4)13-9-15/h6-13H,5H2,1-4H3. The average molecular weight is 254 g/mol. The molecule has 0 unspecified atom stereocenters. The molecule has 1 nitrogen and oxygen atoms in total. The van der Waals surface area contributed by atoms with Crippen molar-refractivity contribution in [3.8, 4) is 16.9 Å². The first-order valence-electron chi connectivity index (χ1n) is 6.82. The summed E-state index contributed by atoms with van der Waals surface area (Å²) in [6, 6.07) is 17.1. The lowest BCUT2D eigenvalue weighted by molar-refractivity contribution is 0.415. The van der Waals surface area contributed by atoms with Gasteiger partial charge in [-0.1, -0.05) is 57.2 Å². The number of hydrogen-bond acceptors (Lipinski definition) is 1. The predicted molar refractivity (Wildman–Crippen MR) is 81.7 cm³/mol. The lowest BCUT2D eigenvalue weighted by Crippen LogP contribution is -2.14. The van der Waals surface area contributed by atoms with E-state index in [9.17, 15) is 0 Å². The van der Waals surface area contributed by atoms with E-state index in [2.05, 4.69) is 57.2 Å². The molecular weight excluding hydrogens is 232 g/mol. The fourth-order valence-electron chi connectivity index (χ4n) is 2.10. The Morgan fingerprint density at radius 2 is 1.32 bits per heavy atom. The number of ether oxygens (including phenoxy) is 1. The van der Waals surface area contributed by atoms with Crippen LogP contribution in [-0.2, 0) is 5.41 Å². The summed E-state index contributed by atoms with van der Waals surface area (Å²) >= 11 is 0. The normalized spacial score (nSPS) is 11.4. The number of benzene rings is 2. The van der Waals surface area contributed by atoms with Gasteiger partial charge in [-0.2, -0.15) is 0 Å². The van der Waals surface area contributed by atoms with Crippen molar-refractivity contribution >= 4 is 0 Å². The highest BCUT2D eigenvalue weighted by molar-refractivity contribution is 5.64. The molecule has 2 aromatic carbocycles. The van der Waals surface area contributed by atoms with Crippen molar-refractivity contribution in [3.05, 3.63) is 54.1 Å². The van der Waals surface area contributed by atoms with E-state index in [1.165, 1.54) is 16.7 Å². The molecule has 100 valence electrons. The van der Waals surface area contributed by atoms with Gasteiger partial charge in [-0.25, -0.2) is 0 Å². The average Bonchev–Trinajstić information content (AvgIpc) is 2.47. The van der Waals surface area contributed by atoms with Gasteiger partial charge in [0.05, 0.1) is 7.11 Å². The van der Waals surface area contributed by atoms with Crippen molar-refractivity contribution in [1.29, 1.82) is 0 Å². The Labute approximate surface area is 116 Å². The third-order valence-electron chi connectivity index (χ3n) is 3.97. The Hall–Kier alpha value is -1.76. The summed E-state index contributed by atoms with van der Waals surface area (Å²) in [7, 11) is 1.69. The molecule has 0 saturated carbocycles. The third kappa shape index (κ3) is 2.98. The van der Waals surface area contributed by atoms with Crippen LogP contribution in [0.1, 0.15) is 32.8 Å². The van der Waals surface area contributed by atoms with Gasteiger partial charge in [-0.3, -0.25) is 0 Å². The first kappa shape index (κ1) is 13.7. The van der Waals surface area contributed by atoms with E-state index in [0.717, 1.165) is 12.2 Å². The first-order chi connectivity index (χ1) is 9.06. The van der Waals surface area contributed by atoms with Crippen LogP contribution in [0.3, 0.4) is 0 Å². The number of methoxy groups -OCH3 is 1. The van der Waals surface area contributed by atoms with Crippen LogP contribution in [0.5, 0.6) is 5.75 Å². The van der Waals surface area contributed by atoms with Gasteiger partial charge < -0.3 is 4.74 Å². The minimum Gasteiger partial charge on any atom is -0.497 e. The van der Waals surface area contributed by atoms with Gasteiger partial charge in [0, 0.05) is 0 Å². The second-order valence-corrected chi connectivity index (χ2v) is 5.54. The third-order valence-corrected chi connectivity index (χ3v) is 3.97. The molecule has 0 saturated heterocycles. The van der Waals surface area contributed by atoms with Gasteiger partial charge in [-0.05, 0) is 40.7 Å². The van der Waals surface area contributed by atoms with Crippen LogP contribution in [0.25, 0.3) is 11.1 Å². The Balaban J connectivity index is 2.27. The van der Waals surface area contributed by atoms with E-state index in [1.807, 2.05) is 12.1 Å². The summed E-state index contributed by atoms with van der Waals surface area (Å²) < 4.78 is 5.18. The van der Waals surface area contributed by atoms with Crippen LogP contribution >= 0.6 is 0 Å². The lowest BCUT2D eigenvalue weighted by atomic mass is 9.82. The van der Waals surface area contributed by atoms with Crippen molar-refractivity contribution in [1.82, 2.24) is 0 Å². The van der Waals surface area contributed by atoms with Crippen LogP contribution in [0.4, 0.5) is 0 Å². The molecule has 2 aromatic rings. The topological polar surface area (TPSA) is 9.23 Å². The quantitative estimate of drug-likeness (QED) is 0.742. The number of hydrogen-bond donors (Lipinski definition) is 0. The molecule has 0 aliphatic carbocycles. The van der Waals surface area contributed by atoms with Crippen LogP contribution < -0.4 is 4.74 Å². The molecule has 0 heterocycles. The fraction of sp³-hybridized carbons (Fsp3) is 0.333. The highest BCUT2D eigenvalue weighted by atomic mass is 16.5. The molecule has 0 N–H and O–H groups in total. The summed E-state index contributed by atoms with van der Waals surface area (Å²) in [6.07, 6.45) is 1.15. The van der Waals surface area contributed by atoms with Crippen LogP contribution in [-0.4, -0.2) is 7.11 Å². The summed E-state index contributed by atoms with van der Waals surface area (Å²) in [5.74, 6) is 0.896. The minimum atomic E-state index is 0.248. The maximum absolute atomic E-state index is 5.18. The second-order valence-electron chi connectivity index (χ2n) is 5.54. The monoisotopic (exact) mass is 254 g/mol. The van der Waals surface area contributed by atoms with Gasteiger partial charge in [0.2, 0.25) is 0 Å². The maximum atomic E-state index is 5.18. The molecule has 0 amide bonds. The van der Waals surface area contributed by atoms with Crippen molar-refractivity contribution in [2.45, 2.75) is 32.6 Å². The van der Waals surface area contributed by atoms with Crippen molar-refractivity contribution in [2.24, 2.45) is 0 Å². The van der Waals surface area contributed by atoms with Crippen LogP contribution in [0, 0.1) is 0 Å². The molecule has 0 bridgehead atoms. The summed E-state index contributed by atoms with van der Waals surface area (Å²) in [6.45, 7) is 6.81. The van der Waals surface area contributed by atoms with E-state index >= 15 is 0 Å². The van der Waals surface area contributed by atoms with E-state index < -0.39 is 0 Å². The molecule has 0 aromatic heterocycles. The molecule has 0 fully saturated rings.